The van der Waals surface area contributed by atoms with E-state index in [0.29, 0.717) is 5.69 Å². The number of amides is 2. The smallest absolute Gasteiger partial charge is 0.319 e. The lowest BCUT2D eigenvalue weighted by Crippen LogP contribution is -2.36. The zero-order valence-corrected chi connectivity index (χ0v) is 10.1. The Labute approximate surface area is 102 Å². The van der Waals surface area contributed by atoms with Crippen LogP contribution in [0.5, 0.6) is 0 Å². The van der Waals surface area contributed by atoms with Gasteiger partial charge in [0, 0.05) is 16.7 Å². The first-order chi connectivity index (χ1) is 7.61. The number of benzene rings is 1. The molecule has 5 nitrogen and oxygen atoms in total. The third-order valence-electron chi connectivity index (χ3n) is 1.81. The van der Waals surface area contributed by atoms with Crippen molar-refractivity contribution in [1.82, 2.24) is 5.32 Å². The Kier molecular flexibility index (Phi) is 5.24. The van der Waals surface area contributed by atoms with Gasteiger partial charge in [0.25, 0.3) is 0 Å². The lowest BCUT2D eigenvalue weighted by atomic mass is 10.3. The Hall–Kier alpha value is -1.11. The molecule has 16 heavy (non-hydrogen) atoms. The minimum Gasteiger partial charge on any atom is -0.394 e. The second kappa shape index (κ2) is 6.47. The van der Waals surface area contributed by atoms with Gasteiger partial charge < -0.3 is 20.8 Å². The molecule has 1 atom stereocenters. The molecular weight excluding hydrogens is 276 g/mol. The van der Waals surface area contributed by atoms with Crippen LogP contribution in [0.2, 0.25) is 0 Å². The van der Waals surface area contributed by atoms with Gasteiger partial charge in [-0.2, -0.15) is 0 Å². The first-order valence-corrected chi connectivity index (χ1v) is 5.50. The molecule has 0 aliphatic rings. The molecule has 0 fully saturated rings. The zero-order valence-electron chi connectivity index (χ0n) is 8.48. The van der Waals surface area contributed by atoms with E-state index in [-0.39, 0.29) is 13.2 Å². The number of nitrogens with one attached hydrogen (secondary N) is 2. The highest BCUT2D eigenvalue weighted by Gasteiger charge is 2.05. The molecule has 0 spiro atoms. The van der Waals surface area contributed by atoms with Crippen molar-refractivity contribution in [2.45, 2.75) is 6.10 Å². The molecule has 1 aromatic carbocycles. The number of hydrogen-bond acceptors (Lipinski definition) is 3. The van der Waals surface area contributed by atoms with Crippen LogP contribution >= 0.6 is 15.9 Å². The van der Waals surface area contributed by atoms with Crippen LogP contribution in [0.3, 0.4) is 0 Å². The molecular formula is C10H13BrN2O3. The van der Waals surface area contributed by atoms with Crippen molar-refractivity contribution in [2.75, 3.05) is 18.5 Å². The molecule has 2 amide bonds. The van der Waals surface area contributed by atoms with Crippen molar-refractivity contribution in [1.29, 1.82) is 0 Å². The first kappa shape index (κ1) is 13.0. The third-order valence-corrected chi connectivity index (χ3v) is 2.34. The molecule has 0 radical (unpaired) electrons. The van der Waals surface area contributed by atoms with Gasteiger partial charge in [0.15, 0.2) is 0 Å². The van der Waals surface area contributed by atoms with Crippen molar-refractivity contribution >= 4 is 27.6 Å². The molecule has 1 rings (SSSR count). The van der Waals surface area contributed by atoms with Gasteiger partial charge in [-0.25, -0.2) is 4.79 Å². The van der Waals surface area contributed by atoms with E-state index in [9.17, 15) is 4.79 Å². The van der Waals surface area contributed by atoms with E-state index in [1.165, 1.54) is 0 Å². The number of anilines is 1. The highest BCUT2D eigenvalue weighted by atomic mass is 79.9. The lowest BCUT2D eigenvalue weighted by molar-refractivity contribution is 0.0965. The molecule has 0 saturated carbocycles. The van der Waals surface area contributed by atoms with Gasteiger partial charge >= 0.3 is 6.03 Å². The summed E-state index contributed by atoms with van der Waals surface area (Å²) in [6.07, 6.45) is -0.935. The van der Waals surface area contributed by atoms with Crippen LogP contribution in [0.1, 0.15) is 0 Å². The fraction of sp³-hybridized carbons (Fsp3) is 0.300. The molecule has 0 aliphatic carbocycles. The van der Waals surface area contributed by atoms with Crippen LogP contribution in [-0.2, 0) is 0 Å². The SMILES string of the molecule is O=C(NC[C@@H](O)CO)Nc1ccc(Br)cc1. The van der Waals surface area contributed by atoms with Gasteiger partial charge in [-0.3, -0.25) is 0 Å². The number of aliphatic hydroxyl groups is 2. The number of aliphatic hydroxyl groups excluding tert-OH is 2. The van der Waals surface area contributed by atoms with E-state index in [0.717, 1.165) is 4.47 Å². The van der Waals surface area contributed by atoms with Gasteiger partial charge in [-0.05, 0) is 24.3 Å². The first-order valence-electron chi connectivity index (χ1n) is 4.71. The van der Waals surface area contributed by atoms with Crippen LogP contribution in [0.25, 0.3) is 0 Å². The molecule has 0 saturated heterocycles. The summed E-state index contributed by atoms with van der Waals surface area (Å²) in [7, 11) is 0. The van der Waals surface area contributed by atoms with Gasteiger partial charge in [0.1, 0.15) is 0 Å². The van der Waals surface area contributed by atoms with E-state index in [1.807, 2.05) is 0 Å². The normalized spacial score (nSPS) is 11.9. The topological polar surface area (TPSA) is 81.6 Å². The van der Waals surface area contributed by atoms with Gasteiger partial charge in [0.05, 0.1) is 12.7 Å². The maximum absolute atomic E-state index is 11.3. The minimum atomic E-state index is -0.935. The van der Waals surface area contributed by atoms with Gasteiger partial charge in [-0.15, -0.1) is 0 Å². The largest absolute Gasteiger partial charge is 0.394 e. The van der Waals surface area contributed by atoms with Crippen molar-refractivity contribution in [3.05, 3.63) is 28.7 Å². The molecule has 88 valence electrons. The Bertz CT molecular complexity index is 342. The summed E-state index contributed by atoms with van der Waals surface area (Å²) in [6.45, 7) is -0.364. The second-order valence-corrected chi connectivity index (χ2v) is 4.09. The third kappa shape index (κ3) is 4.61. The van der Waals surface area contributed by atoms with Crippen LogP contribution < -0.4 is 10.6 Å². The van der Waals surface area contributed by atoms with E-state index in [1.54, 1.807) is 24.3 Å². The second-order valence-electron chi connectivity index (χ2n) is 3.18. The van der Waals surface area contributed by atoms with E-state index in [4.69, 9.17) is 10.2 Å². The quantitative estimate of drug-likeness (QED) is 0.665. The average Bonchev–Trinajstić information content (AvgIpc) is 2.29. The van der Waals surface area contributed by atoms with Crippen molar-refractivity contribution in [2.24, 2.45) is 0 Å². The number of carbonyl (C=O) groups excluding carboxylic acids is 1. The van der Waals surface area contributed by atoms with Crippen LogP contribution in [0.4, 0.5) is 10.5 Å². The van der Waals surface area contributed by atoms with Crippen LogP contribution in [0.15, 0.2) is 28.7 Å². The predicted octanol–water partition coefficient (Wildman–Crippen LogP) is 0.924. The fourth-order valence-corrected chi connectivity index (χ4v) is 1.25. The summed E-state index contributed by atoms with van der Waals surface area (Å²) in [4.78, 5) is 11.3. The standard InChI is InChI=1S/C10H13BrN2O3/c11-7-1-3-8(4-2-7)13-10(16)12-5-9(15)6-14/h1-4,9,14-15H,5-6H2,(H2,12,13,16)/t9-/m1/s1. The Morgan fingerprint density at radius 2 is 2.00 bits per heavy atom. The number of rotatable bonds is 4. The predicted molar refractivity (Wildman–Crippen MR) is 64.3 cm³/mol. The minimum absolute atomic E-state index is 0.0128. The summed E-state index contributed by atoms with van der Waals surface area (Å²) in [5.41, 5.74) is 0.652. The molecule has 6 heteroatoms. The average molecular weight is 289 g/mol. The lowest BCUT2D eigenvalue weighted by Gasteiger charge is -2.10. The molecule has 0 aromatic heterocycles. The number of hydrogen-bond donors (Lipinski definition) is 4. The van der Waals surface area contributed by atoms with E-state index in [2.05, 4.69) is 26.6 Å². The van der Waals surface area contributed by atoms with E-state index < -0.39 is 12.1 Å². The molecule has 0 bridgehead atoms. The number of urea groups is 1. The van der Waals surface area contributed by atoms with Crippen LogP contribution in [-0.4, -0.2) is 35.5 Å². The molecule has 0 aliphatic heterocycles. The summed E-state index contributed by atoms with van der Waals surface area (Å²) in [6, 6.07) is 6.67. The fourth-order valence-electron chi connectivity index (χ4n) is 0.984. The molecule has 0 heterocycles. The maximum Gasteiger partial charge on any atom is 0.319 e. The van der Waals surface area contributed by atoms with Gasteiger partial charge in [0.2, 0.25) is 0 Å². The van der Waals surface area contributed by atoms with Crippen molar-refractivity contribution in [3.63, 3.8) is 0 Å². The maximum atomic E-state index is 11.3. The zero-order chi connectivity index (χ0) is 12.0. The Balaban J connectivity index is 2.37. The molecule has 0 unspecified atom stereocenters. The van der Waals surface area contributed by atoms with Gasteiger partial charge in [-0.1, -0.05) is 15.9 Å². The van der Waals surface area contributed by atoms with E-state index >= 15 is 0 Å². The molecule has 1 aromatic rings. The highest BCUT2D eigenvalue weighted by Crippen LogP contribution is 2.13. The molecule has 4 N–H and O–H groups in total. The highest BCUT2D eigenvalue weighted by molar-refractivity contribution is 9.10. The summed E-state index contributed by atoms with van der Waals surface area (Å²) >= 11 is 3.28. The Morgan fingerprint density at radius 1 is 1.38 bits per heavy atom. The Morgan fingerprint density at radius 3 is 2.56 bits per heavy atom. The van der Waals surface area contributed by atoms with Crippen molar-refractivity contribution in [3.8, 4) is 0 Å². The summed E-state index contributed by atoms with van der Waals surface area (Å²) in [5, 5.41) is 22.6. The monoisotopic (exact) mass is 288 g/mol. The summed E-state index contributed by atoms with van der Waals surface area (Å²) in [5.74, 6) is 0. The summed E-state index contributed by atoms with van der Waals surface area (Å²) < 4.78 is 0.925. The number of carbonyl (C=O) groups is 1. The number of halogens is 1. The van der Waals surface area contributed by atoms with Crippen LogP contribution in [0, 0.1) is 0 Å². The van der Waals surface area contributed by atoms with Crippen molar-refractivity contribution < 1.29 is 15.0 Å².